The molecular weight excluding hydrogens is 254 g/mol. The fraction of sp³-hybridized carbons (Fsp3) is 0.417. The van der Waals surface area contributed by atoms with Crippen molar-refractivity contribution in [3.63, 3.8) is 0 Å². The molecule has 0 saturated heterocycles. The summed E-state index contributed by atoms with van der Waals surface area (Å²) in [4.78, 5) is 14.3. The van der Waals surface area contributed by atoms with E-state index < -0.39 is 17.5 Å². The van der Waals surface area contributed by atoms with Gasteiger partial charge in [-0.05, 0) is 36.9 Å². The van der Waals surface area contributed by atoms with Crippen LogP contribution in [0.15, 0.2) is 17.2 Å². The van der Waals surface area contributed by atoms with E-state index in [2.05, 4.69) is 15.3 Å². The zero-order valence-electron chi connectivity index (χ0n) is 10.5. The molecule has 0 aliphatic rings. The number of hydrogen-bond acceptors (Lipinski definition) is 2. The van der Waals surface area contributed by atoms with Crippen LogP contribution in [0, 0.1) is 18.6 Å². The molecule has 5 nitrogen and oxygen atoms in total. The van der Waals surface area contributed by atoms with Crippen molar-refractivity contribution in [3.8, 4) is 0 Å². The predicted molar refractivity (Wildman–Crippen MR) is 66.7 cm³/mol. The van der Waals surface area contributed by atoms with Gasteiger partial charge < -0.3 is 5.32 Å². The molecular formula is C12H14F2N4O. The van der Waals surface area contributed by atoms with Crippen LogP contribution in [0.4, 0.5) is 8.78 Å². The standard InChI is InChI=1S/C12H14F2N4O/c1-8-6-9(11(14)7-10(8)13)12(19)16-4-2-3-5-17-18-15/h6-7H,2-5H2,1H3,(H,16,19). The minimum Gasteiger partial charge on any atom is -0.352 e. The monoisotopic (exact) mass is 268 g/mol. The Hall–Kier alpha value is -2.14. The highest BCUT2D eigenvalue weighted by Gasteiger charge is 2.13. The summed E-state index contributed by atoms with van der Waals surface area (Å²) in [5.41, 5.74) is 8.10. The largest absolute Gasteiger partial charge is 0.352 e. The van der Waals surface area contributed by atoms with Gasteiger partial charge in [0.15, 0.2) is 0 Å². The Morgan fingerprint density at radius 2 is 2.11 bits per heavy atom. The van der Waals surface area contributed by atoms with Crippen LogP contribution in [0.2, 0.25) is 0 Å². The average Bonchev–Trinajstić information content (AvgIpc) is 2.37. The number of carbonyl (C=O) groups excluding carboxylic acids is 1. The molecule has 7 heteroatoms. The summed E-state index contributed by atoms with van der Waals surface area (Å²) < 4.78 is 26.4. The van der Waals surface area contributed by atoms with Gasteiger partial charge in [-0.3, -0.25) is 4.79 Å². The molecule has 0 aliphatic heterocycles. The second-order valence-electron chi connectivity index (χ2n) is 4.00. The molecule has 0 saturated carbocycles. The van der Waals surface area contributed by atoms with Crippen LogP contribution in [-0.2, 0) is 0 Å². The van der Waals surface area contributed by atoms with Gasteiger partial charge in [-0.1, -0.05) is 5.11 Å². The van der Waals surface area contributed by atoms with Crippen LogP contribution in [0.25, 0.3) is 10.4 Å². The van der Waals surface area contributed by atoms with Gasteiger partial charge in [-0.2, -0.15) is 0 Å². The molecule has 1 N–H and O–H groups in total. The highest BCUT2D eigenvalue weighted by atomic mass is 19.1. The summed E-state index contributed by atoms with van der Waals surface area (Å²) in [6.45, 7) is 2.16. The predicted octanol–water partition coefficient (Wildman–Crippen LogP) is 3.09. The number of azide groups is 1. The number of hydrogen-bond donors (Lipinski definition) is 1. The number of carbonyl (C=O) groups is 1. The Kier molecular flexibility index (Phi) is 5.75. The van der Waals surface area contributed by atoms with E-state index in [0.717, 1.165) is 0 Å². The number of benzene rings is 1. The number of halogens is 2. The van der Waals surface area contributed by atoms with Crippen LogP contribution < -0.4 is 5.32 Å². The first-order valence-corrected chi connectivity index (χ1v) is 5.81. The van der Waals surface area contributed by atoms with Crippen molar-refractivity contribution in [2.75, 3.05) is 13.1 Å². The van der Waals surface area contributed by atoms with Crippen molar-refractivity contribution < 1.29 is 13.6 Å². The smallest absolute Gasteiger partial charge is 0.254 e. The third-order valence-electron chi connectivity index (χ3n) is 2.53. The SMILES string of the molecule is Cc1cc(C(=O)NCCCCN=[N+]=[N-])c(F)cc1F. The van der Waals surface area contributed by atoms with Crippen LogP contribution >= 0.6 is 0 Å². The Balaban J connectivity index is 2.50. The molecule has 1 amide bonds. The lowest BCUT2D eigenvalue weighted by atomic mass is 10.1. The number of nitrogens with one attached hydrogen (secondary N) is 1. The van der Waals surface area contributed by atoms with Crippen molar-refractivity contribution in [2.45, 2.75) is 19.8 Å². The normalized spacial score (nSPS) is 9.84. The van der Waals surface area contributed by atoms with E-state index >= 15 is 0 Å². The molecule has 0 bridgehead atoms. The molecule has 1 rings (SSSR count). The highest BCUT2D eigenvalue weighted by Crippen LogP contribution is 2.14. The molecule has 102 valence electrons. The minimum atomic E-state index is -0.880. The van der Waals surface area contributed by atoms with Gasteiger partial charge in [0.1, 0.15) is 11.6 Å². The zero-order chi connectivity index (χ0) is 14.3. The van der Waals surface area contributed by atoms with E-state index in [0.29, 0.717) is 32.0 Å². The zero-order valence-corrected chi connectivity index (χ0v) is 10.5. The Labute approximate surface area is 109 Å². The van der Waals surface area contributed by atoms with Gasteiger partial charge in [-0.15, -0.1) is 0 Å². The number of rotatable bonds is 6. The van der Waals surface area contributed by atoms with Gasteiger partial charge in [0.05, 0.1) is 5.56 Å². The van der Waals surface area contributed by atoms with Crippen molar-refractivity contribution in [2.24, 2.45) is 5.11 Å². The molecule has 0 aromatic heterocycles. The van der Waals surface area contributed by atoms with Crippen LogP contribution in [0.5, 0.6) is 0 Å². The van der Waals surface area contributed by atoms with Gasteiger partial charge in [0.2, 0.25) is 0 Å². The maximum absolute atomic E-state index is 13.4. The first kappa shape index (κ1) is 14.9. The summed E-state index contributed by atoms with van der Waals surface area (Å²) in [7, 11) is 0. The first-order valence-electron chi connectivity index (χ1n) is 5.81. The van der Waals surface area contributed by atoms with E-state index in [1.807, 2.05) is 0 Å². The van der Waals surface area contributed by atoms with E-state index in [-0.39, 0.29) is 11.1 Å². The van der Waals surface area contributed by atoms with Crippen molar-refractivity contribution in [1.29, 1.82) is 0 Å². The summed E-state index contributed by atoms with van der Waals surface area (Å²) in [6.07, 6.45) is 1.25. The molecule has 19 heavy (non-hydrogen) atoms. The molecule has 0 spiro atoms. The van der Waals surface area contributed by atoms with Gasteiger partial charge in [-0.25, -0.2) is 8.78 Å². The summed E-state index contributed by atoms with van der Waals surface area (Å²) in [5, 5.41) is 5.88. The molecule has 0 unspecified atom stereocenters. The minimum absolute atomic E-state index is 0.172. The number of aryl methyl sites for hydroxylation is 1. The highest BCUT2D eigenvalue weighted by molar-refractivity contribution is 5.94. The van der Waals surface area contributed by atoms with Gasteiger partial charge >= 0.3 is 0 Å². The second kappa shape index (κ2) is 7.33. The van der Waals surface area contributed by atoms with Crippen molar-refractivity contribution >= 4 is 5.91 Å². The maximum Gasteiger partial charge on any atom is 0.254 e. The third-order valence-corrected chi connectivity index (χ3v) is 2.53. The Bertz CT molecular complexity index is 513. The molecule has 0 radical (unpaired) electrons. The topological polar surface area (TPSA) is 77.9 Å². The Morgan fingerprint density at radius 3 is 2.79 bits per heavy atom. The van der Waals surface area contributed by atoms with Crippen LogP contribution in [0.1, 0.15) is 28.8 Å². The maximum atomic E-state index is 13.4. The van der Waals surface area contributed by atoms with Crippen LogP contribution in [-0.4, -0.2) is 19.0 Å². The molecule has 1 aromatic rings. The first-order chi connectivity index (χ1) is 9.06. The summed E-state index contributed by atoms with van der Waals surface area (Å²) in [6, 6.07) is 1.88. The number of unbranched alkanes of at least 4 members (excludes halogenated alkanes) is 1. The molecule has 0 fully saturated rings. The van der Waals surface area contributed by atoms with Crippen molar-refractivity contribution in [3.05, 3.63) is 45.3 Å². The lowest BCUT2D eigenvalue weighted by Gasteiger charge is -2.07. The lowest BCUT2D eigenvalue weighted by molar-refractivity contribution is 0.0949. The summed E-state index contributed by atoms with van der Waals surface area (Å²) >= 11 is 0. The third kappa shape index (κ3) is 4.56. The second-order valence-corrected chi connectivity index (χ2v) is 4.00. The summed E-state index contributed by atoms with van der Waals surface area (Å²) in [5.74, 6) is -2.14. The van der Waals surface area contributed by atoms with E-state index in [1.165, 1.54) is 13.0 Å². The fourth-order valence-corrected chi connectivity index (χ4v) is 1.48. The number of nitrogens with zero attached hydrogens (tertiary/aromatic N) is 3. The number of amides is 1. The van der Waals surface area contributed by atoms with Crippen molar-refractivity contribution in [1.82, 2.24) is 5.32 Å². The Morgan fingerprint density at radius 1 is 1.37 bits per heavy atom. The fourth-order valence-electron chi connectivity index (χ4n) is 1.48. The van der Waals surface area contributed by atoms with Gasteiger partial charge in [0, 0.05) is 24.1 Å². The molecule has 0 heterocycles. The molecule has 0 atom stereocenters. The molecule has 1 aromatic carbocycles. The van der Waals surface area contributed by atoms with Gasteiger partial charge in [0.25, 0.3) is 5.91 Å². The van der Waals surface area contributed by atoms with E-state index in [1.54, 1.807) is 0 Å². The van der Waals surface area contributed by atoms with E-state index in [4.69, 9.17) is 5.53 Å². The average molecular weight is 268 g/mol. The lowest BCUT2D eigenvalue weighted by Crippen LogP contribution is -2.25. The van der Waals surface area contributed by atoms with Crippen LogP contribution in [0.3, 0.4) is 0 Å². The quantitative estimate of drug-likeness (QED) is 0.366. The molecule has 0 aliphatic carbocycles. The van der Waals surface area contributed by atoms with E-state index in [9.17, 15) is 13.6 Å².